The summed E-state index contributed by atoms with van der Waals surface area (Å²) in [6, 6.07) is 8.62. The molecule has 0 spiro atoms. The van der Waals surface area contributed by atoms with Crippen molar-refractivity contribution in [2.24, 2.45) is 0 Å². The largest absolute Gasteiger partial charge is 0.497 e. The monoisotopic (exact) mass is 250 g/mol. The van der Waals surface area contributed by atoms with Gasteiger partial charge in [0.25, 0.3) is 0 Å². The maximum atomic E-state index is 13.7. The highest BCUT2D eigenvalue weighted by molar-refractivity contribution is 5.66. The maximum Gasteiger partial charge on any atom is 0.165 e. The topological polar surface area (TPSA) is 18.5 Å². The third-order valence-corrected chi connectivity index (χ3v) is 2.64. The van der Waals surface area contributed by atoms with Gasteiger partial charge in [0.05, 0.1) is 14.2 Å². The van der Waals surface area contributed by atoms with Gasteiger partial charge in [-0.15, -0.1) is 0 Å². The number of benzene rings is 2. The van der Waals surface area contributed by atoms with Gasteiger partial charge in [-0.2, -0.15) is 0 Å². The van der Waals surface area contributed by atoms with Gasteiger partial charge in [-0.25, -0.2) is 8.78 Å². The van der Waals surface area contributed by atoms with E-state index in [2.05, 4.69) is 0 Å². The van der Waals surface area contributed by atoms with Crippen LogP contribution in [0.25, 0.3) is 11.1 Å². The van der Waals surface area contributed by atoms with Gasteiger partial charge in [-0.1, -0.05) is 6.07 Å². The Labute approximate surface area is 104 Å². The van der Waals surface area contributed by atoms with Crippen LogP contribution in [0.3, 0.4) is 0 Å². The van der Waals surface area contributed by atoms with Gasteiger partial charge in [0, 0.05) is 5.56 Å². The van der Waals surface area contributed by atoms with Crippen LogP contribution < -0.4 is 9.47 Å². The van der Waals surface area contributed by atoms with E-state index in [1.165, 1.54) is 44.6 Å². The summed E-state index contributed by atoms with van der Waals surface area (Å²) in [7, 11) is 2.87. The summed E-state index contributed by atoms with van der Waals surface area (Å²) in [5, 5.41) is 0. The predicted octanol–water partition coefficient (Wildman–Crippen LogP) is 3.65. The predicted molar refractivity (Wildman–Crippen MR) is 64.9 cm³/mol. The van der Waals surface area contributed by atoms with Crippen molar-refractivity contribution < 1.29 is 18.3 Å². The Kier molecular flexibility index (Phi) is 3.46. The molecule has 4 heteroatoms. The molecule has 2 aromatic carbocycles. The van der Waals surface area contributed by atoms with Gasteiger partial charge in [-0.05, 0) is 35.9 Å². The van der Waals surface area contributed by atoms with Gasteiger partial charge in [0.15, 0.2) is 11.6 Å². The van der Waals surface area contributed by atoms with E-state index in [9.17, 15) is 8.78 Å². The van der Waals surface area contributed by atoms with Gasteiger partial charge < -0.3 is 9.47 Å². The second kappa shape index (κ2) is 5.04. The zero-order valence-corrected chi connectivity index (χ0v) is 10.0. The minimum Gasteiger partial charge on any atom is -0.497 e. The average molecular weight is 250 g/mol. The van der Waals surface area contributed by atoms with E-state index in [1.54, 1.807) is 6.07 Å². The fourth-order valence-corrected chi connectivity index (χ4v) is 1.69. The number of methoxy groups -OCH3 is 2. The summed E-state index contributed by atoms with van der Waals surface area (Å²) in [5.41, 5.74) is 0.723. The first-order chi connectivity index (χ1) is 8.65. The second-order valence-corrected chi connectivity index (χ2v) is 3.70. The van der Waals surface area contributed by atoms with Gasteiger partial charge in [0.1, 0.15) is 11.6 Å². The first kappa shape index (κ1) is 12.4. The van der Waals surface area contributed by atoms with E-state index >= 15 is 0 Å². The van der Waals surface area contributed by atoms with E-state index in [0.29, 0.717) is 11.3 Å². The van der Waals surface area contributed by atoms with Gasteiger partial charge >= 0.3 is 0 Å². The lowest BCUT2D eigenvalue weighted by Gasteiger charge is -2.08. The van der Waals surface area contributed by atoms with Crippen molar-refractivity contribution in [3.05, 3.63) is 48.0 Å². The lowest BCUT2D eigenvalue weighted by molar-refractivity contribution is 0.386. The molecule has 0 saturated carbocycles. The Morgan fingerprint density at radius 2 is 1.61 bits per heavy atom. The van der Waals surface area contributed by atoms with Crippen molar-refractivity contribution in [2.45, 2.75) is 0 Å². The summed E-state index contributed by atoms with van der Waals surface area (Å²) in [4.78, 5) is 0. The number of ether oxygens (including phenoxy) is 2. The number of hydrogen-bond donors (Lipinski definition) is 0. The molecule has 2 aromatic rings. The van der Waals surface area contributed by atoms with Crippen molar-refractivity contribution >= 4 is 0 Å². The Bertz CT molecular complexity index is 568. The first-order valence-corrected chi connectivity index (χ1v) is 5.33. The number of hydrogen-bond acceptors (Lipinski definition) is 2. The zero-order valence-electron chi connectivity index (χ0n) is 10.0. The van der Waals surface area contributed by atoms with Crippen molar-refractivity contribution in [3.8, 4) is 22.6 Å². The Morgan fingerprint density at radius 1 is 0.833 bits per heavy atom. The van der Waals surface area contributed by atoms with Crippen LogP contribution in [0, 0.1) is 11.6 Å². The molecular formula is C14H12F2O2. The summed E-state index contributed by atoms with van der Waals surface area (Å²) in [5.74, 6) is -0.317. The molecule has 2 rings (SSSR count). The molecule has 0 atom stereocenters. The van der Waals surface area contributed by atoms with Crippen LogP contribution in [-0.2, 0) is 0 Å². The van der Waals surface area contributed by atoms with E-state index in [-0.39, 0.29) is 11.3 Å². The number of rotatable bonds is 3. The summed E-state index contributed by atoms with van der Waals surface area (Å²) in [6.45, 7) is 0. The highest BCUT2D eigenvalue weighted by Crippen LogP contribution is 2.30. The lowest BCUT2D eigenvalue weighted by Crippen LogP contribution is -1.91. The molecule has 94 valence electrons. The normalized spacial score (nSPS) is 10.2. The SMILES string of the molecule is COc1ccc(F)c(-c2ccc(OC)c(F)c2)c1. The molecule has 0 aliphatic rings. The molecule has 0 heterocycles. The minimum atomic E-state index is -0.530. The smallest absolute Gasteiger partial charge is 0.165 e. The Morgan fingerprint density at radius 3 is 2.22 bits per heavy atom. The Balaban J connectivity index is 2.51. The van der Waals surface area contributed by atoms with Crippen LogP contribution in [0.5, 0.6) is 11.5 Å². The summed E-state index contributed by atoms with van der Waals surface area (Å²) < 4.78 is 37.1. The molecule has 0 unspecified atom stereocenters. The molecule has 18 heavy (non-hydrogen) atoms. The van der Waals surface area contributed by atoms with Crippen molar-refractivity contribution in [3.63, 3.8) is 0 Å². The average Bonchev–Trinajstić information content (AvgIpc) is 2.39. The Hall–Kier alpha value is -2.10. The van der Waals surface area contributed by atoms with E-state index < -0.39 is 11.6 Å². The molecular weight excluding hydrogens is 238 g/mol. The highest BCUT2D eigenvalue weighted by atomic mass is 19.1. The quantitative estimate of drug-likeness (QED) is 0.827. The summed E-state index contributed by atoms with van der Waals surface area (Å²) >= 11 is 0. The zero-order chi connectivity index (χ0) is 13.1. The van der Waals surface area contributed by atoms with Crippen LogP contribution in [0.1, 0.15) is 0 Å². The van der Waals surface area contributed by atoms with Crippen LogP contribution in [0.4, 0.5) is 8.78 Å². The molecule has 0 bridgehead atoms. The standard InChI is InChI=1S/C14H12F2O2/c1-17-10-4-5-12(15)11(8-10)9-3-6-14(18-2)13(16)7-9/h3-8H,1-2H3. The van der Waals surface area contributed by atoms with Crippen LogP contribution >= 0.6 is 0 Å². The second-order valence-electron chi connectivity index (χ2n) is 3.70. The van der Waals surface area contributed by atoms with Crippen molar-refractivity contribution in [1.29, 1.82) is 0 Å². The fraction of sp³-hybridized carbons (Fsp3) is 0.143. The molecule has 0 saturated heterocycles. The third-order valence-electron chi connectivity index (χ3n) is 2.64. The third kappa shape index (κ3) is 2.27. The highest BCUT2D eigenvalue weighted by Gasteiger charge is 2.10. The number of halogens is 2. The van der Waals surface area contributed by atoms with E-state index in [0.717, 1.165) is 0 Å². The molecule has 0 radical (unpaired) electrons. The molecule has 0 N–H and O–H groups in total. The first-order valence-electron chi connectivity index (χ1n) is 5.33. The van der Waals surface area contributed by atoms with E-state index in [1.807, 2.05) is 0 Å². The van der Waals surface area contributed by atoms with Crippen molar-refractivity contribution in [1.82, 2.24) is 0 Å². The maximum absolute atomic E-state index is 13.7. The van der Waals surface area contributed by atoms with Crippen LogP contribution in [-0.4, -0.2) is 14.2 Å². The molecule has 0 amide bonds. The fourth-order valence-electron chi connectivity index (χ4n) is 1.69. The molecule has 0 aliphatic carbocycles. The van der Waals surface area contributed by atoms with Gasteiger partial charge in [-0.3, -0.25) is 0 Å². The summed E-state index contributed by atoms with van der Waals surface area (Å²) in [6.07, 6.45) is 0. The molecule has 0 fully saturated rings. The molecule has 2 nitrogen and oxygen atoms in total. The van der Waals surface area contributed by atoms with Crippen LogP contribution in [0.15, 0.2) is 36.4 Å². The lowest BCUT2D eigenvalue weighted by atomic mass is 10.0. The van der Waals surface area contributed by atoms with E-state index in [4.69, 9.17) is 9.47 Å². The minimum absolute atomic E-state index is 0.127. The molecule has 0 aromatic heterocycles. The van der Waals surface area contributed by atoms with Crippen molar-refractivity contribution in [2.75, 3.05) is 14.2 Å². The van der Waals surface area contributed by atoms with Gasteiger partial charge in [0.2, 0.25) is 0 Å². The van der Waals surface area contributed by atoms with Crippen LogP contribution in [0.2, 0.25) is 0 Å². The molecule has 0 aliphatic heterocycles.